The Bertz CT molecular complexity index is 923. The van der Waals surface area contributed by atoms with Crippen molar-refractivity contribution in [3.05, 3.63) is 64.6 Å². The summed E-state index contributed by atoms with van der Waals surface area (Å²) in [5, 5.41) is 2.86. The normalized spacial score (nSPS) is 15.3. The molecule has 0 aromatic heterocycles. The highest BCUT2D eigenvalue weighted by Gasteiger charge is 2.28. The van der Waals surface area contributed by atoms with Crippen molar-refractivity contribution in [3.8, 4) is 5.75 Å². The number of carbonyl (C=O) groups excluding carboxylic acids is 2. The molecular weight excluding hydrogens is 380 g/mol. The van der Waals surface area contributed by atoms with Gasteiger partial charge in [-0.2, -0.15) is 0 Å². The van der Waals surface area contributed by atoms with E-state index in [-0.39, 0.29) is 11.8 Å². The molecular formula is C20H18N2O3S2. The van der Waals surface area contributed by atoms with Crippen LogP contribution in [0.3, 0.4) is 0 Å². The largest absolute Gasteiger partial charge is 0.492 e. The molecule has 2 amide bonds. The lowest BCUT2D eigenvalue weighted by molar-refractivity contribution is -0.121. The first-order chi connectivity index (χ1) is 13.0. The Morgan fingerprint density at radius 3 is 2.56 bits per heavy atom. The Labute approximate surface area is 167 Å². The van der Waals surface area contributed by atoms with Gasteiger partial charge in [0, 0.05) is 12.6 Å². The van der Waals surface area contributed by atoms with Crippen molar-refractivity contribution in [3.63, 3.8) is 0 Å². The van der Waals surface area contributed by atoms with Crippen molar-refractivity contribution < 1.29 is 14.3 Å². The highest BCUT2D eigenvalue weighted by atomic mass is 32.2. The molecule has 1 saturated heterocycles. The fourth-order valence-electron chi connectivity index (χ4n) is 2.47. The van der Waals surface area contributed by atoms with Gasteiger partial charge in [-0.05, 0) is 42.8 Å². The van der Waals surface area contributed by atoms with Crippen LogP contribution in [0.1, 0.15) is 22.8 Å². The summed E-state index contributed by atoms with van der Waals surface area (Å²) in [4.78, 5) is 26.6. The van der Waals surface area contributed by atoms with Crippen LogP contribution in [0.5, 0.6) is 5.75 Å². The third-order valence-corrected chi connectivity index (χ3v) is 5.38. The van der Waals surface area contributed by atoms with E-state index in [0.717, 1.165) is 5.56 Å². The first kappa shape index (κ1) is 19.1. The van der Waals surface area contributed by atoms with E-state index in [1.807, 2.05) is 25.1 Å². The summed E-state index contributed by atoms with van der Waals surface area (Å²) in [6.45, 7) is 2.41. The Morgan fingerprint density at radius 2 is 1.93 bits per heavy atom. The minimum absolute atomic E-state index is 0.112. The van der Waals surface area contributed by atoms with Crippen molar-refractivity contribution in [2.24, 2.45) is 0 Å². The number of thiocarbonyl (C=S) groups is 1. The second-order valence-electron chi connectivity index (χ2n) is 5.75. The van der Waals surface area contributed by atoms with Crippen molar-refractivity contribution in [1.29, 1.82) is 0 Å². The standard InChI is InChI=1S/C20H18N2O3S2/c1-3-25-16-7-5-4-6-15(16)21-18(23)14-10-8-13(9-11-14)12-17-19(24)22(2)20(26)27-17/h4-12H,3H2,1-2H3,(H,21,23)/b17-12-. The second-order valence-corrected chi connectivity index (χ2v) is 7.42. The molecule has 138 valence electrons. The number of para-hydroxylation sites is 2. The zero-order valence-electron chi connectivity index (χ0n) is 14.9. The summed E-state index contributed by atoms with van der Waals surface area (Å²) in [5.41, 5.74) is 1.97. The van der Waals surface area contributed by atoms with Crippen LogP contribution in [0, 0.1) is 0 Å². The topological polar surface area (TPSA) is 58.6 Å². The van der Waals surface area contributed by atoms with Crippen LogP contribution in [-0.2, 0) is 4.79 Å². The molecule has 0 spiro atoms. The highest BCUT2D eigenvalue weighted by Crippen LogP contribution is 2.31. The van der Waals surface area contributed by atoms with E-state index in [2.05, 4.69) is 5.32 Å². The zero-order valence-corrected chi connectivity index (χ0v) is 16.5. The summed E-state index contributed by atoms with van der Waals surface area (Å²) < 4.78 is 6.06. The Kier molecular flexibility index (Phi) is 5.93. The van der Waals surface area contributed by atoms with Crippen molar-refractivity contribution in [2.75, 3.05) is 19.0 Å². The molecule has 27 heavy (non-hydrogen) atoms. The molecule has 0 aliphatic carbocycles. The first-order valence-corrected chi connectivity index (χ1v) is 9.57. The number of rotatable bonds is 5. The molecule has 0 saturated carbocycles. The maximum atomic E-state index is 12.5. The number of benzene rings is 2. The molecule has 7 heteroatoms. The van der Waals surface area contributed by atoms with E-state index < -0.39 is 0 Å². The number of amides is 2. The van der Waals surface area contributed by atoms with E-state index in [1.165, 1.54) is 16.7 Å². The first-order valence-electron chi connectivity index (χ1n) is 8.34. The van der Waals surface area contributed by atoms with Crippen molar-refractivity contribution in [1.82, 2.24) is 4.90 Å². The van der Waals surface area contributed by atoms with Gasteiger partial charge in [-0.15, -0.1) is 0 Å². The van der Waals surface area contributed by atoms with Crippen LogP contribution in [0.4, 0.5) is 5.69 Å². The molecule has 1 heterocycles. The number of hydrogen-bond acceptors (Lipinski definition) is 5. The predicted octanol–water partition coefficient (Wildman–Crippen LogP) is 4.17. The van der Waals surface area contributed by atoms with Gasteiger partial charge < -0.3 is 10.1 Å². The number of nitrogens with one attached hydrogen (secondary N) is 1. The summed E-state index contributed by atoms with van der Waals surface area (Å²) in [6.07, 6.45) is 1.77. The molecule has 2 aromatic carbocycles. The van der Waals surface area contributed by atoms with Gasteiger partial charge in [0.25, 0.3) is 11.8 Å². The molecule has 1 aliphatic heterocycles. The summed E-state index contributed by atoms with van der Waals surface area (Å²) in [5.74, 6) is 0.291. The maximum absolute atomic E-state index is 12.5. The lowest BCUT2D eigenvalue weighted by Crippen LogP contribution is -2.22. The summed E-state index contributed by atoms with van der Waals surface area (Å²) in [6, 6.07) is 14.3. The number of hydrogen-bond donors (Lipinski definition) is 1. The van der Waals surface area contributed by atoms with Crippen LogP contribution < -0.4 is 10.1 Å². The Hall–Kier alpha value is -2.64. The van der Waals surface area contributed by atoms with Gasteiger partial charge in [0.15, 0.2) is 0 Å². The minimum atomic E-state index is -0.228. The fourth-order valence-corrected chi connectivity index (χ4v) is 3.65. The molecule has 0 unspecified atom stereocenters. The number of carbonyl (C=O) groups is 2. The van der Waals surface area contributed by atoms with Crippen LogP contribution in [0.15, 0.2) is 53.4 Å². The maximum Gasteiger partial charge on any atom is 0.265 e. The lowest BCUT2D eigenvalue weighted by atomic mass is 10.1. The number of likely N-dealkylation sites (N-methyl/N-ethyl adjacent to an activating group) is 1. The molecule has 0 atom stereocenters. The molecule has 5 nitrogen and oxygen atoms in total. The molecule has 1 aliphatic rings. The molecule has 2 aromatic rings. The monoisotopic (exact) mass is 398 g/mol. The molecule has 3 rings (SSSR count). The quantitative estimate of drug-likeness (QED) is 0.605. The van der Waals surface area contributed by atoms with Gasteiger partial charge in [-0.3, -0.25) is 14.5 Å². The number of thioether (sulfide) groups is 1. The van der Waals surface area contributed by atoms with Crippen molar-refractivity contribution in [2.45, 2.75) is 6.92 Å². The summed E-state index contributed by atoms with van der Waals surface area (Å²) in [7, 11) is 1.66. The second kappa shape index (κ2) is 8.37. The van der Waals surface area contributed by atoms with Gasteiger partial charge in [-0.25, -0.2) is 0 Å². The SMILES string of the molecule is CCOc1ccccc1NC(=O)c1ccc(/C=C2\SC(=S)N(C)C2=O)cc1. The third kappa shape index (κ3) is 4.37. The van der Waals surface area contributed by atoms with E-state index in [4.69, 9.17) is 17.0 Å². The van der Waals surface area contributed by atoms with Crippen LogP contribution in [-0.4, -0.2) is 34.7 Å². The fraction of sp³-hybridized carbons (Fsp3) is 0.150. The van der Waals surface area contributed by atoms with Crippen LogP contribution in [0.25, 0.3) is 6.08 Å². The number of nitrogens with zero attached hydrogens (tertiary/aromatic N) is 1. The summed E-state index contributed by atoms with van der Waals surface area (Å²) >= 11 is 6.39. The van der Waals surface area contributed by atoms with Gasteiger partial charge in [0.1, 0.15) is 10.1 Å². The van der Waals surface area contributed by atoms with E-state index in [1.54, 1.807) is 43.5 Å². The number of anilines is 1. The van der Waals surface area contributed by atoms with E-state index in [0.29, 0.717) is 32.8 Å². The molecule has 1 N–H and O–H groups in total. The Morgan fingerprint density at radius 1 is 1.22 bits per heavy atom. The van der Waals surface area contributed by atoms with E-state index >= 15 is 0 Å². The average molecular weight is 399 g/mol. The van der Waals surface area contributed by atoms with Gasteiger partial charge >= 0.3 is 0 Å². The van der Waals surface area contributed by atoms with Gasteiger partial charge in [0.05, 0.1) is 17.2 Å². The predicted molar refractivity (Wildman–Crippen MR) is 113 cm³/mol. The molecule has 1 fully saturated rings. The highest BCUT2D eigenvalue weighted by molar-refractivity contribution is 8.26. The average Bonchev–Trinajstić information content (AvgIpc) is 2.91. The zero-order chi connectivity index (χ0) is 19.4. The van der Waals surface area contributed by atoms with E-state index in [9.17, 15) is 9.59 Å². The third-order valence-electron chi connectivity index (χ3n) is 3.89. The minimum Gasteiger partial charge on any atom is -0.492 e. The van der Waals surface area contributed by atoms with Crippen molar-refractivity contribution >= 4 is 51.9 Å². The number of ether oxygens (including phenoxy) is 1. The van der Waals surface area contributed by atoms with Gasteiger partial charge in [-0.1, -0.05) is 48.2 Å². The Balaban J connectivity index is 1.73. The van der Waals surface area contributed by atoms with Crippen LogP contribution in [0.2, 0.25) is 0 Å². The molecule has 0 radical (unpaired) electrons. The lowest BCUT2D eigenvalue weighted by Gasteiger charge is -2.11. The van der Waals surface area contributed by atoms with Gasteiger partial charge in [0.2, 0.25) is 0 Å². The molecule has 0 bridgehead atoms. The smallest absolute Gasteiger partial charge is 0.265 e. The van der Waals surface area contributed by atoms with Crippen LogP contribution >= 0.6 is 24.0 Å².